The summed E-state index contributed by atoms with van der Waals surface area (Å²) in [4.78, 5) is 18.0. The second kappa shape index (κ2) is 5.92. The van der Waals surface area contributed by atoms with Crippen molar-refractivity contribution in [1.29, 1.82) is 5.41 Å². The lowest BCUT2D eigenvalue weighted by Crippen LogP contribution is -2.35. The molecule has 5 nitrogen and oxygen atoms in total. The molecule has 0 atom stereocenters. The molecule has 2 aliphatic heterocycles. The number of nitrogens with one attached hydrogen (secondary N) is 1. The maximum absolute atomic E-state index is 12.3. The maximum Gasteiger partial charge on any atom is 0.283 e. The number of aliphatic imine (C=N–C) groups is 1. The molecule has 7 heteroatoms. The summed E-state index contributed by atoms with van der Waals surface area (Å²) in [7, 11) is 0. The highest BCUT2D eigenvalue weighted by Gasteiger charge is 2.31. The number of aromatic nitrogens is 1. The van der Waals surface area contributed by atoms with Gasteiger partial charge < -0.3 is 4.57 Å². The molecule has 1 N–H and O–H groups in total. The number of halogens is 1. The summed E-state index contributed by atoms with van der Waals surface area (Å²) < 4.78 is 2.97. The van der Waals surface area contributed by atoms with E-state index in [1.54, 1.807) is 17.2 Å². The van der Waals surface area contributed by atoms with Crippen LogP contribution in [-0.4, -0.2) is 26.4 Å². The third-order valence-electron chi connectivity index (χ3n) is 3.69. The molecule has 0 unspecified atom stereocenters. The minimum absolute atomic E-state index is 0.148. The Morgan fingerprint density at radius 1 is 1.21 bits per heavy atom. The summed E-state index contributed by atoms with van der Waals surface area (Å²) in [5.41, 5.74) is 2.08. The van der Waals surface area contributed by atoms with Gasteiger partial charge in [-0.1, -0.05) is 27.7 Å². The van der Waals surface area contributed by atoms with Crippen LogP contribution in [0.5, 0.6) is 0 Å². The highest BCUT2D eigenvalue weighted by Crippen LogP contribution is 2.27. The van der Waals surface area contributed by atoms with Crippen molar-refractivity contribution in [3.8, 4) is 5.69 Å². The Bertz CT molecular complexity index is 940. The van der Waals surface area contributed by atoms with Gasteiger partial charge in [-0.3, -0.25) is 15.1 Å². The van der Waals surface area contributed by atoms with Crippen LogP contribution in [0.25, 0.3) is 11.8 Å². The molecule has 0 fully saturated rings. The zero-order valence-electron chi connectivity index (χ0n) is 12.3. The molecule has 1 aromatic carbocycles. The fourth-order valence-electron chi connectivity index (χ4n) is 2.53. The minimum Gasteiger partial charge on any atom is -0.317 e. The smallest absolute Gasteiger partial charge is 0.283 e. The van der Waals surface area contributed by atoms with E-state index in [-0.39, 0.29) is 17.3 Å². The number of thioether (sulfide) groups is 1. The van der Waals surface area contributed by atoms with Gasteiger partial charge in [0.15, 0.2) is 5.17 Å². The van der Waals surface area contributed by atoms with Crippen molar-refractivity contribution < 1.29 is 4.79 Å². The highest BCUT2D eigenvalue weighted by molar-refractivity contribution is 9.10. The second-order valence-electron chi connectivity index (χ2n) is 5.16. The van der Waals surface area contributed by atoms with Gasteiger partial charge in [0, 0.05) is 28.3 Å². The fourth-order valence-corrected chi connectivity index (χ4v) is 3.50. The molecule has 0 saturated heterocycles. The van der Waals surface area contributed by atoms with Crippen LogP contribution in [0.1, 0.15) is 5.69 Å². The number of hydrogen-bond acceptors (Lipinski definition) is 3. The summed E-state index contributed by atoms with van der Waals surface area (Å²) >= 11 is 4.77. The van der Waals surface area contributed by atoms with Gasteiger partial charge in [-0.05, 0) is 47.9 Å². The first kappa shape index (κ1) is 15.2. The molecule has 0 spiro atoms. The number of carbonyl (C=O) groups excluding carboxylic acids is 1. The highest BCUT2D eigenvalue weighted by atomic mass is 79.9. The van der Waals surface area contributed by atoms with Gasteiger partial charge >= 0.3 is 0 Å². The van der Waals surface area contributed by atoms with Crippen LogP contribution in [0.2, 0.25) is 0 Å². The summed E-state index contributed by atoms with van der Waals surface area (Å²) in [6.07, 6.45) is 5.39. The second-order valence-corrected chi connectivity index (χ2v) is 6.95. The number of rotatable bonds is 2. The van der Waals surface area contributed by atoms with Gasteiger partial charge in [-0.25, -0.2) is 0 Å². The Balaban J connectivity index is 1.76. The van der Waals surface area contributed by atoms with Crippen molar-refractivity contribution in [1.82, 2.24) is 9.47 Å². The molecule has 24 heavy (non-hydrogen) atoms. The maximum atomic E-state index is 12.3. The Hall–Kier alpha value is -2.38. The first-order chi connectivity index (χ1) is 11.6. The Labute approximate surface area is 151 Å². The van der Waals surface area contributed by atoms with Crippen LogP contribution in [0.15, 0.2) is 69.2 Å². The van der Waals surface area contributed by atoms with Crippen molar-refractivity contribution in [2.24, 2.45) is 4.99 Å². The van der Waals surface area contributed by atoms with E-state index in [2.05, 4.69) is 20.9 Å². The molecule has 0 radical (unpaired) electrons. The van der Waals surface area contributed by atoms with E-state index in [4.69, 9.17) is 5.41 Å². The van der Waals surface area contributed by atoms with E-state index in [9.17, 15) is 4.79 Å². The number of hydrogen-bond donors (Lipinski definition) is 1. The van der Waals surface area contributed by atoms with Crippen LogP contribution >= 0.6 is 27.7 Å². The predicted octanol–water partition coefficient (Wildman–Crippen LogP) is 4.02. The van der Waals surface area contributed by atoms with Crippen molar-refractivity contribution >= 4 is 50.7 Å². The molecule has 0 aliphatic carbocycles. The first-order valence-corrected chi connectivity index (χ1v) is 8.80. The van der Waals surface area contributed by atoms with Crippen molar-refractivity contribution in [3.63, 3.8) is 0 Å². The summed E-state index contributed by atoms with van der Waals surface area (Å²) in [6.45, 7) is 0. The van der Waals surface area contributed by atoms with Gasteiger partial charge in [0.05, 0.1) is 5.57 Å². The lowest BCUT2D eigenvalue weighted by molar-refractivity contribution is -0.114. The summed E-state index contributed by atoms with van der Waals surface area (Å²) in [5.74, 6) is -0.235. The number of amides is 1. The van der Waals surface area contributed by atoms with E-state index in [1.807, 2.05) is 52.6 Å². The Kier molecular flexibility index (Phi) is 3.74. The molecule has 118 valence electrons. The van der Waals surface area contributed by atoms with Crippen LogP contribution in [0.3, 0.4) is 0 Å². The average Bonchev–Trinajstić information content (AvgIpc) is 3.21. The summed E-state index contributed by atoms with van der Waals surface area (Å²) in [5, 5.41) is 10.6. The van der Waals surface area contributed by atoms with Gasteiger partial charge in [0.1, 0.15) is 5.84 Å². The van der Waals surface area contributed by atoms with E-state index < -0.39 is 0 Å². The van der Waals surface area contributed by atoms with Gasteiger partial charge in [0.2, 0.25) is 0 Å². The van der Waals surface area contributed by atoms with E-state index in [0.29, 0.717) is 5.17 Å². The fraction of sp³-hybridized carbons (Fsp3) is 0. The first-order valence-electron chi connectivity index (χ1n) is 7.13. The molecule has 0 bridgehead atoms. The molecular formula is C17H11BrN4OS. The number of nitrogens with zero attached hydrogens (tertiary/aromatic N) is 3. The monoisotopic (exact) mass is 398 g/mol. The largest absolute Gasteiger partial charge is 0.317 e. The third kappa shape index (κ3) is 2.55. The van der Waals surface area contributed by atoms with Crippen LogP contribution in [0.4, 0.5) is 0 Å². The SMILES string of the molecule is N=C1/C(=C/c2cccn2-c2ccc(Br)cc2)C(=O)N=C2SC=CN12. The molecule has 2 aromatic rings. The number of fused-ring (bicyclic) bond motifs is 1. The third-order valence-corrected chi connectivity index (χ3v) is 4.98. The Morgan fingerprint density at radius 2 is 2.00 bits per heavy atom. The molecule has 0 saturated carbocycles. The van der Waals surface area contributed by atoms with Crippen molar-refractivity contribution in [2.45, 2.75) is 0 Å². The Morgan fingerprint density at radius 3 is 2.79 bits per heavy atom. The van der Waals surface area contributed by atoms with Crippen LogP contribution in [0, 0.1) is 5.41 Å². The zero-order valence-corrected chi connectivity index (χ0v) is 14.7. The molecule has 1 aromatic heterocycles. The molecule has 4 rings (SSSR count). The van der Waals surface area contributed by atoms with Crippen molar-refractivity contribution in [2.75, 3.05) is 0 Å². The molecule has 1 amide bonds. The van der Waals surface area contributed by atoms with E-state index >= 15 is 0 Å². The zero-order chi connectivity index (χ0) is 16.7. The van der Waals surface area contributed by atoms with E-state index in [1.165, 1.54) is 11.8 Å². The lowest BCUT2D eigenvalue weighted by Gasteiger charge is -2.22. The number of carbonyl (C=O) groups is 1. The normalized spacial score (nSPS) is 18.3. The van der Waals surface area contributed by atoms with Gasteiger partial charge in [-0.15, -0.1) is 0 Å². The minimum atomic E-state index is -0.383. The molecular weight excluding hydrogens is 388 g/mol. The number of benzene rings is 1. The standard InChI is InChI=1S/C17H11BrN4OS/c18-11-3-5-12(6-4-11)21-7-1-2-13(21)10-14-15(19)22-8-9-24-17(22)20-16(14)23/h1-10,19H/b14-10-,19-15?. The number of amidine groups is 2. The topological polar surface area (TPSA) is 61.5 Å². The lowest BCUT2D eigenvalue weighted by atomic mass is 10.1. The average molecular weight is 399 g/mol. The molecule has 3 heterocycles. The van der Waals surface area contributed by atoms with Gasteiger partial charge in [0.25, 0.3) is 5.91 Å². The van der Waals surface area contributed by atoms with Crippen molar-refractivity contribution in [3.05, 3.63) is 69.9 Å². The van der Waals surface area contributed by atoms with Crippen LogP contribution in [-0.2, 0) is 4.79 Å². The van der Waals surface area contributed by atoms with Gasteiger partial charge in [-0.2, -0.15) is 4.99 Å². The summed E-state index contributed by atoms with van der Waals surface area (Å²) in [6, 6.07) is 11.7. The van der Waals surface area contributed by atoms with Crippen LogP contribution < -0.4 is 0 Å². The van der Waals surface area contributed by atoms with E-state index in [0.717, 1.165) is 15.9 Å². The molecule has 2 aliphatic rings. The predicted molar refractivity (Wildman–Crippen MR) is 100 cm³/mol. The quantitative estimate of drug-likeness (QED) is 0.777.